The number of likely N-dealkylation sites (tertiary alicyclic amines) is 1. The largest absolute Gasteiger partial charge is 0.410 e. The number of hydrogen-bond acceptors (Lipinski definition) is 4. The van der Waals surface area contributed by atoms with E-state index in [0.717, 1.165) is 28.8 Å². The first-order valence-electron chi connectivity index (χ1n) is 8.80. The van der Waals surface area contributed by atoms with Crippen LogP contribution >= 0.6 is 27.3 Å². The second kappa shape index (κ2) is 7.12. The van der Waals surface area contributed by atoms with Crippen molar-refractivity contribution in [1.82, 2.24) is 14.7 Å². The summed E-state index contributed by atoms with van der Waals surface area (Å²) in [6.07, 6.45) is -1.75. The van der Waals surface area contributed by atoms with Gasteiger partial charge in [0.05, 0.1) is 10.5 Å². The molecule has 2 aromatic heterocycles. The van der Waals surface area contributed by atoms with Crippen molar-refractivity contribution in [3.63, 3.8) is 0 Å². The van der Waals surface area contributed by atoms with Crippen molar-refractivity contribution in [2.45, 2.75) is 43.9 Å². The summed E-state index contributed by atoms with van der Waals surface area (Å²) in [6, 6.07) is 1.38. The van der Waals surface area contributed by atoms with Gasteiger partial charge in [0.1, 0.15) is 5.82 Å². The third kappa shape index (κ3) is 3.49. The lowest BCUT2D eigenvalue weighted by Crippen LogP contribution is -2.37. The highest BCUT2D eigenvalue weighted by atomic mass is 79.9. The van der Waals surface area contributed by atoms with Crippen LogP contribution in [0.5, 0.6) is 0 Å². The maximum atomic E-state index is 13.7. The molecule has 5 nitrogen and oxygen atoms in total. The quantitative estimate of drug-likeness (QED) is 0.683. The summed E-state index contributed by atoms with van der Waals surface area (Å²) in [5.41, 5.74) is 0.0421. The van der Waals surface area contributed by atoms with Crippen LogP contribution in [-0.4, -0.2) is 39.9 Å². The molecule has 1 N–H and O–H groups in total. The number of fused-ring (bicyclic) bond motifs is 1. The minimum atomic E-state index is -4.46. The van der Waals surface area contributed by atoms with Gasteiger partial charge in [0.2, 0.25) is 0 Å². The third-order valence-corrected chi connectivity index (χ3v) is 6.77. The van der Waals surface area contributed by atoms with E-state index in [1.54, 1.807) is 4.90 Å². The first-order valence-corrected chi connectivity index (χ1v) is 10.5. The van der Waals surface area contributed by atoms with Gasteiger partial charge in [-0.05, 0) is 46.6 Å². The van der Waals surface area contributed by atoms with Gasteiger partial charge >= 0.3 is 6.18 Å². The molecule has 0 aromatic carbocycles. The standard InChI is InChI=1S/C17H18BrF3N4OS/c18-13-14(16(26)24-6-2-1-3-7-24)23-25-12(17(19,20)21)9-10(22-15(13)25)11-5-4-8-27-11/h4-5,8,10,12,22H,1-3,6-7,9H2. The minimum absolute atomic E-state index is 0.0421. The zero-order valence-electron chi connectivity index (χ0n) is 14.3. The van der Waals surface area contributed by atoms with Crippen LogP contribution in [-0.2, 0) is 0 Å². The van der Waals surface area contributed by atoms with Gasteiger partial charge in [0.15, 0.2) is 11.7 Å². The molecule has 4 rings (SSSR count). The van der Waals surface area contributed by atoms with Crippen molar-refractivity contribution in [1.29, 1.82) is 0 Å². The van der Waals surface area contributed by atoms with E-state index in [4.69, 9.17) is 0 Å². The first-order chi connectivity index (χ1) is 12.9. The van der Waals surface area contributed by atoms with E-state index < -0.39 is 18.3 Å². The van der Waals surface area contributed by atoms with Crippen molar-refractivity contribution in [2.75, 3.05) is 18.4 Å². The van der Waals surface area contributed by atoms with Gasteiger partial charge < -0.3 is 10.2 Å². The fraction of sp³-hybridized carbons (Fsp3) is 0.529. The smallest absolute Gasteiger partial charge is 0.362 e. The predicted octanol–water partition coefficient (Wildman–Crippen LogP) is 4.99. The van der Waals surface area contributed by atoms with Crippen molar-refractivity contribution < 1.29 is 18.0 Å². The Kier molecular flexibility index (Phi) is 4.96. The van der Waals surface area contributed by atoms with E-state index in [0.29, 0.717) is 17.6 Å². The third-order valence-electron chi connectivity index (χ3n) is 5.03. The molecule has 1 fully saturated rings. The number of thiophene rings is 1. The Morgan fingerprint density at radius 3 is 2.67 bits per heavy atom. The number of rotatable bonds is 2. The minimum Gasteiger partial charge on any atom is -0.362 e. The van der Waals surface area contributed by atoms with Crippen LogP contribution in [0.3, 0.4) is 0 Å². The number of anilines is 1. The van der Waals surface area contributed by atoms with E-state index in [-0.39, 0.29) is 23.8 Å². The molecular weight excluding hydrogens is 445 g/mol. The molecule has 2 aromatic rings. The lowest BCUT2D eigenvalue weighted by Gasteiger charge is -2.33. The molecule has 4 heterocycles. The fourth-order valence-electron chi connectivity index (χ4n) is 3.65. The summed E-state index contributed by atoms with van der Waals surface area (Å²) in [4.78, 5) is 15.3. The number of nitrogens with one attached hydrogen (secondary N) is 1. The molecule has 0 spiro atoms. The molecule has 1 amide bonds. The van der Waals surface area contributed by atoms with Crippen LogP contribution in [0.15, 0.2) is 22.0 Å². The summed E-state index contributed by atoms with van der Waals surface area (Å²) < 4.78 is 42.4. The summed E-state index contributed by atoms with van der Waals surface area (Å²) >= 11 is 4.74. The normalized spacial score (nSPS) is 23.0. The molecule has 2 aliphatic heterocycles. The van der Waals surface area contributed by atoms with Gasteiger partial charge in [-0.1, -0.05) is 6.07 Å². The molecule has 2 aliphatic rings. The summed E-state index contributed by atoms with van der Waals surface area (Å²) in [7, 11) is 0. The van der Waals surface area contributed by atoms with Crippen LogP contribution in [0, 0.1) is 0 Å². The number of aromatic nitrogens is 2. The number of halogens is 4. The van der Waals surface area contributed by atoms with Gasteiger partial charge in [0.25, 0.3) is 5.91 Å². The fourth-order valence-corrected chi connectivity index (χ4v) is 4.98. The van der Waals surface area contributed by atoms with Gasteiger partial charge in [-0.3, -0.25) is 4.79 Å². The van der Waals surface area contributed by atoms with E-state index in [1.165, 1.54) is 11.3 Å². The molecular formula is C17H18BrF3N4OS. The SMILES string of the molecule is O=C(c1nn2c(c1Br)NC(c1cccs1)CC2C(F)(F)F)N1CCCCC1. The first kappa shape index (κ1) is 18.8. The Morgan fingerprint density at radius 1 is 1.30 bits per heavy atom. The molecule has 0 aliphatic carbocycles. The second-order valence-electron chi connectivity index (χ2n) is 6.81. The van der Waals surface area contributed by atoms with Crippen molar-refractivity contribution >= 4 is 39.0 Å². The monoisotopic (exact) mass is 462 g/mol. The van der Waals surface area contributed by atoms with Gasteiger partial charge in [-0.2, -0.15) is 18.3 Å². The number of piperidine rings is 1. The van der Waals surface area contributed by atoms with Gasteiger partial charge in [-0.25, -0.2) is 4.68 Å². The maximum Gasteiger partial charge on any atom is 0.410 e. The Labute approximate surface area is 166 Å². The Morgan fingerprint density at radius 2 is 2.04 bits per heavy atom. The van der Waals surface area contributed by atoms with Crippen LogP contribution < -0.4 is 5.32 Å². The van der Waals surface area contributed by atoms with E-state index in [1.807, 2.05) is 17.5 Å². The number of alkyl halides is 3. The highest BCUT2D eigenvalue weighted by Gasteiger charge is 2.48. The Bertz CT molecular complexity index is 830. The average molecular weight is 463 g/mol. The van der Waals surface area contributed by atoms with Gasteiger partial charge in [-0.15, -0.1) is 11.3 Å². The van der Waals surface area contributed by atoms with E-state index in [9.17, 15) is 18.0 Å². The molecule has 0 radical (unpaired) electrons. The predicted molar refractivity (Wildman–Crippen MR) is 100 cm³/mol. The molecule has 2 atom stereocenters. The Balaban J connectivity index is 1.72. The van der Waals surface area contributed by atoms with Crippen molar-refractivity contribution in [3.05, 3.63) is 32.6 Å². The van der Waals surface area contributed by atoms with Crippen LogP contribution in [0.2, 0.25) is 0 Å². The highest BCUT2D eigenvalue weighted by molar-refractivity contribution is 9.10. The van der Waals surface area contributed by atoms with Gasteiger partial charge in [0, 0.05) is 24.4 Å². The molecule has 0 bridgehead atoms. The van der Waals surface area contributed by atoms with Crippen molar-refractivity contribution in [3.8, 4) is 0 Å². The lowest BCUT2D eigenvalue weighted by atomic mass is 10.0. The summed E-state index contributed by atoms with van der Waals surface area (Å²) in [6.45, 7) is 1.23. The molecule has 27 heavy (non-hydrogen) atoms. The molecule has 1 saturated heterocycles. The van der Waals surface area contributed by atoms with E-state index >= 15 is 0 Å². The Hall–Kier alpha value is -1.55. The highest BCUT2D eigenvalue weighted by Crippen LogP contribution is 2.47. The number of nitrogens with zero attached hydrogens (tertiary/aromatic N) is 3. The maximum absolute atomic E-state index is 13.7. The zero-order chi connectivity index (χ0) is 19.2. The lowest BCUT2D eigenvalue weighted by molar-refractivity contribution is -0.173. The number of amides is 1. The second-order valence-corrected chi connectivity index (χ2v) is 8.59. The topological polar surface area (TPSA) is 50.2 Å². The van der Waals surface area contributed by atoms with E-state index in [2.05, 4.69) is 26.3 Å². The molecule has 10 heteroatoms. The average Bonchev–Trinajstić information content (AvgIpc) is 3.29. The molecule has 146 valence electrons. The molecule has 2 unspecified atom stereocenters. The van der Waals surface area contributed by atoms with Crippen molar-refractivity contribution in [2.24, 2.45) is 0 Å². The number of carbonyl (C=O) groups is 1. The molecule has 0 saturated carbocycles. The van der Waals surface area contributed by atoms with Crippen LogP contribution in [0.4, 0.5) is 19.0 Å². The van der Waals surface area contributed by atoms with Crippen LogP contribution in [0.1, 0.15) is 53.1 Å². The summed E-state index contributed by atoms with van der Waals surface area (Å²) in [5.74, 6) is -0.110. The number of carbonyl (C=O) groups excluding carboxylic acids is 1. The summed E-state index contributed by atoms with van der Waals surface area (Å²) in [5, 5.41) is 9.07. The zero-order valence-corrected chi connectivity index (χ0v) is 16.7. The van der Waals surface area contributed by atoms with Crippen LogP contribution in [0.25, 0.3) is 0 Å². The number of hydrogen-bond donors (Lipinski definition) is 1.